The van der Waals surface area contributed by atoms with E-state index in [1.54, 1.807) is 4.90 Å². The van der Waals surface area contributed by atoms with Gasteiger partial charge in [-0.3, -0.25) is 9.59 Å². The largest absolute Gasteiger partial charge is 0.372 e. The number of carbonyl (C=O) groups excluding carboxylic acids is 2. The molecule has 150 valence electrons. The van der Waals surface area contributed by atoms with E-state index in [1.807, 2.05) is 37.3 Å². The molecule has 3 rings (SSSR count). The average Bonchev–Trinajstić information content (AvgIpc) is 2.87. The van der Waals surface area contributed by atoms with Crippen LogP contribution in [0.4, 0.5) is 0 Å². The quantitative estimate of drug-likeness (QED) is 0.802. The van der Waals surface area contributed by atoms with Gasteiger partial charge < -0.3 is 20.7 Å². The molecule has 2 amide bonds. The molecule has 3 N–H and O–H groups in total. The zero-order valence-corrected chi connectivity index (χ0v) is 16.6. The van der Waals surface area contributed by atoms with Gasteiger partial charge in [0, 0.05) is 19.7 Å². The molecule has 1 heterocycles. The molecule has 0 saturated carbocycles. The van der Waals surface area contributed by atoms with Crippen LogP contribution >= 0.6 is 0 Å². The van der Waals surface area contributed by atoms with Crippen LogP contribution in [0.2, 0.25) is 0 Å². The third-order valence-electron chi connectivity index (χ3n) is 5.33. The second kappa shape index (κ2) is 9.17. The minimum atomic E-state index is -0.458. The molecule has 0 aliphatic carbocycles. The molecule has 6 heteroatoms. The predicted octanol–water partition coefficient (Wildman–Crippen LogP) is 2.37. The van der Waals surface area contributed by atoms with Crippen LogP contribution < -0.4 is 11.1 Å². The summed E-state index contributed by atoms with van der Waals surface area (Å²) < 4.78 is 5.28. The van der Waals surface area contributed by atoms with E-state index in [0.29, 0.717) is 13.0 Å². The highest BCUT2D eigenvalue weighted by atomic mass is 16.5. The van der Waals surface area contributed by atoms with E-state index in [-0.39, 0.29) is 30.4 Å². The van der Waals surface area contributed by atoms with Gasteiger partial charge in [0.2, 0.25) is 5.91 Å². The van der Waals surface area contributed by atoms with E-state index < -0.39 is 6.10 Å². The first kappa shape index (κ1) is 20.3. The number of ether oxygens (including phenoxy) is 1. The Morgan fingerprint density at radius 1 is 1.25 bits per heavy atom. The van der Waals surface area contributed by atoms with Crippen molar-refractivity contribution in [1.82, 2.24) is 10.2 Å². The van der Waals surface area contributed by atoms with E-state index in [9.17, 15) is 9.59 Å². The number of fused-ring (bicyclic) bond motifs is 1. The fraction of sp³-hybridized carbons (Fsp3) is 0.455. The van der Waals surface area contributed by atoms with Gasteiger partial charge in [-0.25, -0.2) is 0 Å². The van der Waals surface area contributed by atoms with Gasteiger partial charge in [0.25, 0.3) is 5.91 Å². The number of hydrogen-bond donors (Lipinski definition) is 2. The summed E-state index contributed by atoms with van der Waals surface area (Å²) in [7, 11) is 1.54. The van der Waals surface area contributed by atoms with E-state index in [4.69, 9.17) is 10.5 Å². The molecule has 1 saturated heterocycles. The van der Waals surface area contributed by atoms with Crippen LogP contribution in [-0.4, -0.2) is 49.1 Å². The van der Waals surface area contributed by atoms with Gasteiger partial charge in [0.1, 0.15) is 6.10 Å². The Morgan fingerprint density at radius 3 is 2.71 bits per heavy atom. The van der Waals surface area contributed by atoms with Crippen molar-refractivity contribution in [3.8, 4) is 0 Å². The van der Waals surface area contributed by atoms with Gasteiger partial charge in [0.05, 0.1) is 12.6 Å². The van der Waals surface area contributed by atoms with Gasteiger partial charge in [-0.05, 0) is 48.6 Å². The molecule has 1 aliphatic heterocycles. The summed E-state index contributed by atoms with van der Waals surface area (Å²) in [5, 5.41) is 5.26. The summed E-state index contributed by atoms with van der Waals surface area (Å²) in [6, 6.07) is 13.6. The number of likely N-dealkylation sites (tertiary alicyclic amines) is 1. The Bertz CT molecular complexity index is 837. The molecule has 0 aromatic heterocycles. The fourth-order valence-electron chi connectivity index (χ4n) is 3.76. The average molecular weight is 383 g/mol. The molecular weight excluding hydrogens is 354 g/mol. The van der Waals surface area contributed by atoms with Crippen LogP contribution in [0.5, 0.6) is 0 Å². The van der Waals surface area contributed by atoms with Crippen molar-refractivity contribution in [2.45, 2.75) is 44.4 Å². The number of nitrogens with zero attached hydrogens (tertiary/aromatic N) is 1. The molecule has 2 aromatic rings. The maximum atomic E-state index is 12.7. The van der Waals surface area contributed by atoms with Gasteiger partial charge in [-0.1, -0.05) is 36.4 Å². The molecule has 3 unspecified atom stereocenters. The first-order valence-corrected chi connectivity index (χ1v) is 9.85. The normalized spacial score (nSPS) is 19.9. The SMILES string of the molecule is COC1CCCCN(CC(=O)NC(c2ccc3ccccc3c2)C(C)N)C1=O. The van der Waals surface area contributed by atoms with Crippen LogP contribution in [0.3, 0.4) is 0 Å². The summed E-state index contributed by atoms with van der Waals surface area (Å²) in [5.41, 5.74) is 7.13. The number of benzene rings is 2. The predicted molar refractivity (Wildman–Crippen MR) is 110 cm³/mol. The lowest BCUT2D eigenvalue weighted by atomic mass is 9.97. The monoisotopic (exact) mass is 383 g/mol. The number of methoxy groups -OCH3 is 1. The van der Waals surface area contributed by atoms with Crippen molar-refractivity contribution >= 4 is 22.6 Å². The van der Waals surface area contributed by atoms with Crippen LogP contribution in [0.15, 0.2) is 42.5 Å². The molecule has 0 bridgehead atoms. The van der Waals surface area contributed by atoms with Crippen molar-refractivity contribution in [2.24, 2.45) is 5.73 Å². The van der Waals surface area contributed by atoms with Crippen molar-refractivity contribution in [3.05, 3.63) is 48.0 Å². The highest BCUT2D eigenvalue weighted by molar-refractivity contribution is 5.87. The smallest absolute Gasteiger partial charge is 0.252 e. The first-order valence-electron chi connectivity index (χ1n) is 9.85. The fourth-order valence-corrected chi connectivity index (χ4v) is 3.76. The highest BCUT2D eigenvalue weighted by Gasteiger charge is 2.29. The number of carbonyl (C=O) groups is 2. The lowest BCUT2D eigenvalue weighted by molar-refractivity contribution is -0.144. The summed E-state index contributed by atoms with van der Waals surface area (Å²) in [6.07, 6.45) is 2.04. The van der Waals surface area contributed by atoms with E-state index in [2.05, 4.69) is 17.4 Å². The molecule has 1 aliphatic rings. The molecule has 3 atom stereocenters. The summed E-state index contributed by atoms with van der Waals surface area (Å²) in [6.45, 7) is 2.47. The number of nitrogens with two attached hydrogens (primary N) is 1. The highest BCUT2D eigenvalue weighted by Crippen LogP contribution is 2.22. The van der Waals surface area contributed by atoms with Crippen LogP contribution in [-0.2, 0) is 14.3 Å². The van der Waals surface area contributed by atoms with Gasteiger partial charge in [-0.15, -0.1) is 0 Å². The maximum absolute atomic E-state index is 12.7. The van der Waals surface area contributed by atoms with E-state index in [1.165, 1.54) is 7.11 Å². The number of hydrogen-bond acceptors (Lipinski definition) is 4. The molecule has 6 nitrogen and oxygen atoms in total. The minimum absolute atomic E-state index is 0.0233. The Hall–Kier alpha value is -2.44. The Labute approximate surface area is 166 Å². The van der Waals surface area contributed by atoms with Crippen LogP contribution in [0, 0.1) is 0 Å². The van der Waals surface area contributed by atoms with Crippen molar-refractivity contribution < 1.29 is 14.3 Å². The third kappa shape index (κ3) is 4.69. The van der Waals surface area contributed by atoms with Crippen molar-refractivity contribution in [2.75, 3.05) is 20.2 Å². The number of rotatable bonds is 6. The summed E-state index contributed by atoms with van der Waals surface area (Å²) >= 11 is 0. The molecular formula is C22H29N3O3. The molecule has 0 radical (unpaired) electrons. The molecule has 0 spiro atoms. The van der Waals surface area contributed by atoms with E-state index in [0.717, 1.165) is 29.2 Å². The van der Waals surface area contributed by atoms with Crippen molar-refractivity contribution in [1.29, 1.82) is 0 Å². The van der Waals surface area contributed by atoms with Crippen LogP contribution in [0.25, 0.3) is 10.8 Å². The molecule has 1 fully saturated rings. The lowest BCUT2D eigenvalue weighted by Gasteiger charge is -2.27. The Balaban J connectivity index is 1.72. The Kier molecular flexibility index (Phi) is 6.65. The van der Waals surface area contributed by atoms with Crippen LogP contribution in [0.1, 0.15) is 37.8 Å². The topological polar surface area (TPSA) is 84.7 Å². The van der Waals surface area contributed by atoms with E-state index >= 15 is 0 Å². The molecule has 28 heavy (non-hydrogen) atoms. The van der Waals surface area contributed by atoms with Gasteiger partial charge >= 0.3 is 0 Å². The second-order valence-electron chi connectivity index (χ2n) is 7.49. The maximum Gasteiger partial charge on any atom is 0.252 e. The van der Waals surface area contributed by atoms with Crippen molar-refractivity contribution in [3.63, 3.8) is 0 Å². The minimum Gasteiger partial charge on any atom is -0.372 e. The Morgan fingerprint density at radius 2 is 2.00 bits per heavy atom. The third-order valence-corrected chi connectivity index (χ3v) is 5.33. The zero-order valence-electron chi connectivity index (χ0n) is 16.6. The number of nitrogens with one attached hydrogen (secondary N) is 1. The first-order chi connectivity index (χ1) is 13.5. The standard InChI is InChI=1S/C22H29N3O3/c1-15(23)21(18-11-10-16-7-3-4-8-17(16)13-18)24-20(26)14-25-12-6-5-9-19(28-2)22(25)27/h3-4,7-8,10-11,13,15,19,21H,5-6,9,12,14,23H2,1-2H3,(H,24,26). The summed E-state index contributed by atoms with van der Waals surface area (Å²) in [4.78, 5) is 26.9. The molecule has 2 aromatic carbocycles. The number of amides is 2. The second-order valence-corrected chi connectivity index (χ2v) is 7.49. The lowest BCUT2D eigenvalue weighted by Crippen LogP contribution is -2.47. The van der Waals surface area contributed by atoms with Gasteiger partial charge in [-0.2, -0.15) is 0 Å². The zero-order chi connectivity index (χ0) is 20.1. The van der Waals surface area contributed by atoms with Gasteiger partial charge in [0.15, 0.2) is 0 Å². The summed E-state index contributed by atoms with van der Waals surface area (Å²) in [5.74, 6) is -0.321.